The third-order valence-electron chi connectivity index (χ3n) is 6.62. The van der Waals surface area contributed by atoms with Crippen molar-refractivity contribution in [1.82, 2.24) is 0 Å². The summed E-state index contributed by atoms with van der Waals surface area (Å²) in [7, 11) is -21.3. The zero-order chi connectivity index (χ0) is 50.2. The topological polar surface area (TPSA) is 0 Å². The standard InChI is InChI=1S/C24H18S3.C18H14S2.2F6P.6FH.Sb/c1-3-7-19(8-4-1)25-21-11-15-23(16-12-21)27-24-17-13-22(14-18-24)26-20-9-5-2-6-10-20;1-3-7-15(8-4-1)19-17-11-13-18(14-12-17)20-16-9-5-2-6-10-16;2*1-7(2,3,4,5)6;;;;;;;/h1-18H;1-14H;;;6*1H;/q;;2*-1;;;;;;;+5/p-6. The van der Waals surface area contributed by atoms with E-state index in [-0.39, 0.29) is 4.70 Å². The van der Waals surface area contributed by atoms with Gasteiger partial charge in [-0.1, -0.05) is 132 Å². The fourth-order valence-electron chi connectivity index (χ4n) is 4.36. The molecule has 0 aliphatic heterocycles. The first-order chi connectivity index (χ1) is 30.4. The molecule has 0 saturated heterocycles. The Bertz CT molecular complexity index is 2350. The van der Waals surface area contributed by atoms with Crippen molar-refractivity contribution in [3.8, 4) is 0 Å². The van der Waals surface area contributed by atoms with Crippen LogP contribution in [0.4, 0.5) is 64.4 Å². The first-order valence-electron chi connectivity index (χ1n) is 18.0. The van der Waals surface area contributed by atoms with E-state index < -0.39 is 35.9 Å². The van der Waals surface area contributed by atoms with Gasteiger partial charge < -0.3 is 4.70 Å². The van der Waals surface area contributed by atoms with E-state index in [2.05, 4.69) is 170 Å². The van der Waals surface area contributed by atoms with Crippen LogP contribution in [0.2, 0.25) is 0 Å². The summed E-state index contributed by atoms with van der Waals surface area (Å²) in [6.07, 6.45) is 0. The zero-order valence-corrected chi connectivity index (χ0v) is 42.1. The van der Waals surface area contributed by atoms with Crippen LogP contribution in [0.5, 0.6) is 0 Å². The first-order valence-corrected chi connectivity index (χ1v) is 31.0. The normalized spacial score (nSPS) is 13.8. The van der Waals surface area contributed by atoms with Gasteiger partial charge in [0.15, 0.2) is 0 Å². The Labute approximate surface area is 404 Å². The van der Waals surface area contributed by atoms with Gasteiger partial charge in [0.25, 0.3) is 0 Å². The van der Waals surface area contributed by atoms with Crippen LogP contribution in [0.15, 0.2) is 243 Å². The second-order valence-electron chi connectivity index (χ2n) is 12.7. The van der Waals surface area contributed by atoms with Gasteiger partial charge in [0.1, 0.15) is 0 Å². The molecule has 0 N–H and O–H groups in total. The van der Waals surface area contributed by atoms with E-state index in [1.807, 2.05) is 24.3 Å². The molecule has 68 heavy (non-hydrogen) atoms. The van der Waals surface area contributed by atoms with Gasteiger partial charge in [0.2, 0.25) is 0 Å². The molecule has 0 heterocycles. The minimum Gasteiger partial charge on any atom is -0.0901 e. The summed E-state index contributed by atoms with van der Waals surface area (Å²) in [5, 5.41) is 0. The molecule has 0 aliphatic carbocycles. The predicted octanol–water partition coefficient (Wildman–Crippen LogP) is 19.6. The molecule has 0 aromatic heterocycles. The molecule has 0 amide bonds. The molecule has 0 nitrogen and oxygen atoms in total. The predicted molar refractivity (Wildman–Crippen MR) is 244 cm³/mol. The van der Waals surface area contributed by atoms with Crippen molar-refractivity contribution in [1.29, 1.82) is 0 Å². The Balaban J connectivity index is 0.000000338. The summed E-state index contributed by atoms with van der Waals surface area (Å²) < 4.78 is 168. The molecule has 7 aromatic rings. The summed E-state index contributed by atoms with van der Waals surface area (Å²) in [6.45, 7) is 0. The van der Waals surface area contributed by atoms with Gasteiger partial charge in [-0.25, -0.2) is 0 Å². The molecule has 7 rings (SSSR count). The Hall–Kier alpha value is -3.29. The van der Waals surface area contributed by atoms with Crippen molar-refractivity contribution in [2.75, 3.05) is 0 Å². The fraction of sp³-hybridized carbons (Fsp3) is 0. The molecule has 0 atom stereocenters. The van der Waals surface area contributed by atoms with Crippen LogP contribution in [0.25, 0.3) is 0 Å². The summed E-state index contributed by atoms with van der Waals surface area (Å²) in [6, 6.07) is 68.2. The smallest absolute Gasteiger partial charge is 0.0123 e. The van der Waals surface area contributed by atoms with E-state index >= 15 is 0 Å². The maximum atomic E-state index is 9.91. The van der Waals surface area contributed by atoms with Crippen molar-refractivity contribution in [3.63, 3.8) is 0 Å². The van der Waals surface area contributed by atoms with Crippen LogP contribution >= 0.6 is 74.4 Å². The molecular weight excluding hydrogens is 1190 g/mol. The van der Waals surface area contributed by atoms with E-state index in [1.54, 1.807) is 58.8 Å². The van der Waals surface area contributed by atoms with Gasteiger partial charge in [-0.15, -0.1) is 0 Å². The summed E-state index contributed by atoms with van der Waals surface area (Å²) in [4.78, 5) is 12.7. The largest absolute Gasteiger partial charge is 0.0901 e. The Morgan fingerprint density at radius 3 is 0.412 bits per heavy atom. The van der Waals surface area contributed by atoms with Gasteiger partial charge in [-0.3, -0.25) is 0 Å². The SMILES string of the molecule is F[P-](F)(F)(F)(F)F.F[P-](F)(F)(F)(F)F.[F-].[F][Sb]([F])([F])([F])[F].c1ccc(Sc2ccc(Sc3ccc(Sc4ccccc4)cc3)cc2)cc1.c1ccc(Sc2ccc(Sc3ccccc3)cc2)cc1. The van der Waals surface area contributed by atoms with E-state index in [0.29, 0.717) is 0 Å². The molecule has 0 saturated carbocycles. The fourth-order valence-corrected chi connectivity index (χ4v) is 8.53. The minimum absolute atomic E-state index is 0. The number of halogens is 18. The quantitative estimate of drug-likeness (QED) is 0.0758. The van der Waals surface area contributed by atoms with Gasteiger partial charge in [-0.2, -0.15) is 0 Å². The number of benzene rings is 7. The van der Waals surface area contributed by atoms with Crippen molar-refractivity contribution >= 4 is 94.7 Å². The van der Waals surface area contributed by atoms with Crippen LogP contribution in [-0.4, -0.2) is 20.3 Å². The third kappa shape index (κ3) is 38.5. The molecule has 26 heteroatoms. The van der Waals surface area contributed by atoms with Crippen LogP contribution in [0.1, 0.15) is 0 Å². The molecule has 374 valence electrons. The van der Waals surface area contributed by atoms with E-state index in [0.717, 1.165) is 0 Å². The maximum absolute atomic E-state index is 10.7. The molecule has 0 bridgehead atoms. The van der Waals surface area contributed by atoms with E-state index in [4.69, 9.17) is 0 Å². The molecule has 0 unspecified atom stereocenters. The van der Waals surface area contributed by atoms with E-state index in [1.165, 1.54) is 49.0 Å². The van der Waals surface area contributed by atoms with E-state index in [9.17, 15) is 64.4 Å². The minimum atomic E-state index is -10.7. The van der Waals surface area contributed by atoms with Crippen molar-refractivity contribution < 1.29 is 69.1 Å². The summed E-state index contributed by atoms with van der Waals surface area (Å²) >= 11 is -0.217. The molecule has 0 spiro atoms. The van der Waals surface area contributed by atoms with Crippen LogP contribution in [-0.2, 0) is 0 Å². The number of rotatable bonds is 10. The Morgan fingerprint density at radius 1 is 0.221 bits per heavy atom. The van der Waals surface area contributed by atoms with Gasteiger partial charge >= 0.3 is 100 Å². The first kappa shape index (κ1) is 60.8. The summed E-state index contributed by atoms with van der Waals surface area (Å²) in [5.41, 5.74) is 0. The van der Waals surface area contributed by atoms with Crippen LogP contribution in [0, 0.1) is 0 Å². The second-order valence-corrected chi connectivity index (χ2v) is 25.9. The number of hydrogen-bond acceptors (Lipinski definition) is 5. The molecular formula is C42H32F18P2S5Sb-3. The second kappa shape index (κ2) is 23.3. The monoisotopic (exact) mass is 1220 g/mol. The van der Waals surface area contributed by atoms with Crippen LogP contribution < -0.4 is 4.70 Å². The van der Waals surface area contributed by atoms with Crippen molar-refractivity contribution in [2.24, 2.45) is 0 Å². The van der Waals surface area contributed by atoms with Crippen molar-refractivity contribution in [3.05, 3.63) is 194 Å². The van der Waals surface area contributed by atoms with Crippen LogP contribution in [0.3, 0.4) is 0 Å². The van der Waals surface area contributed by atoms with Gasteiger partial charge in [-0.05, 0) is 121 Å². The zero-order valence-electron chi connectivity index (χ0n) is 33.7. The molecule has 7 aromatic carbocycles. The average Bonchev–Trinajstić information content (AvgIpc) is 3.19. The maximum Gasteiger partial charge on any atom is 0.0123 e. The molecule has 0 aliphatic rings. The number of hydrogen-bond donors (Lipinski definition) is 0. The molecule has 0 fully saturated rings. The van der Waals surface area contributed by atoms with Gasteiger partial charge in [0, 0.05) is 49.0 Å². The Kier molecular flexibility index (Phi) is 20.8. The van der Waals surface area contributed by atoms with Gasteiger partial charge in [0.05, 0.1) is 0 Å². The summed E-state index contributed by atoms with van der Waals surface area (Å²) in [5.74, 6) is 0. The van der Waals surface area contributed by atoms with Crippen molar-refractivity contribution in [2.45, 2.75) is 49.0 Å². The third-order valence-corrected chi connectivity index (χ3v) is 11.7. The Morgan fingerprint density at radius 2 is 0.309 bits per heavy atom. The molecule has 0 radical (unpaired) electrons. The average molecular weight is 1220 g/mol.